The van der Waals surface area contributed by atoms with Crippen LogP contribution >= 0.6 is 0 Å². The summed E-state index contributed by atoms with van der Waals surface area (Å²) in [4.78, 5) is 126. The van der Waals surface area contributed by atoms with Gasteiger partial charge < -0.3 is 38.5 Å². The molecule has 3 heterocycles. The van der Waals surface area contributed by atoms with Gasteiger partial charge in [0.05, 0.1) is 12.7 Å². The Balaban J connectivity index is 1.57. The number of pyridine rings is 1. The first-order valence-corrected chi connectivity index (χ1v) is 28.1. The number of cyclic esters (lactones) is 4. The van der Waals surface area contributed by atoms with Crippen molar-refractivity contribution in [2.45, 2.75) is 170 Å². The van der Waals surface area contributed by atoms with E-state index in [1.54, 1.807) is 59.5 Å². The lowest BCUT2D eigenvalue weighted by Gasteiger charge is -2.35. The summed E-state index contributed by atoms with van der Waals surface area (Å²) in [5, 5.41) is 4.54. The molecule has 0 aliphatic carbocycles. The molecular weight excluding hydrogens is 1030 g/mol. The zero-order valence-electron chi connectivity index (χ0n) is 50.0. The topological polar surface area (TPSA) is 217 Å². The van der Waals surface area contributed by atoms with E-state index >= 15 is 4.79 Å². The minimum Gasteiger partial charge on any atom is -0.451 e. The summed E-state index contributed by atoms with van der Waals surface area (Å²) in [5.41, 5.74) is 4.87. The second-order valence-electron chi connectivity index (χ2n) is 23.2. The number of benzene rings is 2. The van der Waals surface area contributed by atoms with Gasteiger partial charge in [0.1, 0.15) is 24.2 Å². The number of rotatable bonds is 15. The van der Waals surface area contributed by atoms with Crippen LogP contribution in [0, 0.1) is 30.6 Å². The third kappa shape index (κ3) is 18.0. The van der Waals surface area contributed by atoms with Gasteiger partial charge in [0, 0.05) is 70.2 Å². The van der Waals surface area contributed by atoms with E-state index in [0.29, 0.717) is 17.7 Å². The van der Waals surface area contributed by atoms with Crippen molar-refractivity contribution in [2.24, 2.45) is 23.7 Å². The smallest absolute Gasteiger partial charge is 0.329 e. The SMILES string of the molecule is Cc1ccc(-c2cnn(Cc3ccc(C[C@H]4OC(=O)[C@H](CC(C)C)N(C)C(=O)[C@@H](C)OC(=O)[C@H](CC(C)C)N(C)C(=O)[C@@H](Cc5ccccc5)OC(=O)[C@H](CC(C)C)N(C)C(=O)[C@@H](C)OC(=O)[C@H](CC(C)C)N(C)C4=O)cc3)c2)cn1. The van der Waals surface area contributed by atoms with Crippen LogP contribution < -0.4 is 0 Å². The molecule has 440 valence electrons. The van der Waals surface area contributed by atoms with Gasteiger partial charge in [0.15, 0.2) is 24.4 Å². The van der Waals surface area contributed by atoms with Gasteiger partial charge in [0.25, 0.3) is 23.6 Å². The quantitative estimate of drug-likeness (QED) is 0.0845. The highest BCUT2D eigenvalue weighted by molar-refractivity contribution is 5.94. The third-order valence-corrected chi connectivity index (χ3v) is 14.4. The van der Waals surface area contributed by atoms with Gasteiger partial charge in [-0.3, -0.25) is 28.8 Å². The molecule has 0 saturated carbocycles. The standard InChI is InChI=1S/C62H85N7O12/c1-37(2)27-49-59(74)78-43(11)56(71)66(13)52(30-40(7)8)62(77)81-54(32-45-22-24-46(25-23-45)35-69-36-48(34-64-69)47-26-21-41(9)63-33-47)58(73)68(15)50(28-38(3)4)60(75)79-42(10)55(70)65(12)51(29-39(5)6)61(76)80-53(57(72)67(49)14)31-44-19-17-16-18-20-44/h16-26,33-34,36-40,42-43,49-54H,27-32,35H2,1-15H3/t42-,43-,49+,50+,51+,52+,53-,54-/m1/s1. The Morgan fingerprint density at radius 1 is 0.444 bits per heavy atom. The zero-order valence-corrected chi connectivity index (χ0v) is 50.0. The minimum absolute atomic E-state index is 0.0815. The van der Waals surface area contributed by atoms with Crippen molar-refractivity contribution in [3.8, 4) is 11.1 Å². The molecule has 4 amide bonds. The molecule has 8 atom stereocenters. The van der Waals surface area contributed by atoms with Crippen molar-refractivity contribution < 1.29 is 57.3 Å². The summed E-state index contributed by atoms with van der Waals surface area (Å²) < 4.78 is 25.9. The normalized spacial score (nSPS) is 23.0. The molecule has 4 aromatic rings. The van der Waals surface area contributed by atoms with Crippen molar-refractivity contribution in [3.63, 3.8) is 0 Å². The molecule has 2 aromatic carbocycles. The largest absolute Gasteiger partial charge is 0.451 e. The number of aryl methyl sites for hydroxylation is 1. The summed E-state index contributed by atoms with van der Waals surface area (Å²) in [6.07, 6.45) is -0.388. The highest BCUT2D eigenvalue weighted by atomic mass is 16.6. The van der Waals surface area contributed by atoms with Gasteiger partial charge in [-0.2, -0.15) is 5.10 Å². The van der Waals surface area contributed by atoms with Crippen LogP contribution in [0.3, 0.4) is 0 Å². The molecule has 19 heteroatoms. The zero-order chi connectivity index (χ0) is 60.0. The number of ether oxygens (including phenoxy) is 4. The van der Waals surface area contributed by atoms with Crippen LogP contribution in [0.2, 0.25) is 0 Å². The molecule has 1 aliphatic heterocycles. The molecule has 1 fully saturated rings. The molecule has 5 rings (SSSR count). The molecule has 1 aliphatic rings. The third-order valence-electron chi connectivity index (χ3n) is 14.4. The molecule has 0 N–H and O–H groups in total. The van der Waals surface area contributed by atoms with Crippen molar-refractivity contribution in [1.82, 2.24) is 34.4 Å². The van der Waals surface area contributed by atoms with E-state index in [4.69, 9.17) is 18.9 Å². The Morgan fingerprint density at radius 3 is 1.20 bits per heavy atom. The number of carbonyl (C=O) groups is 8. The fraction of sp³-hybridized carbons (Fsp3) is 0.548. The van der Waals surface area contributed by atoms with E-state index in [0.717, 1.165) is 42.0 Å². The first-order valence-electron chi connectivity index (χ1n) is 28.1. The number of aromatic nitrogens is 3. The van der Waals surface area contributed by atoms with Gasteiger partial charge in [-0.15, -0.1) is 0 Å². The average Bonchev–Trinajstić information content (AvgIpc) is 3.92. The van der Waals surface area contributed by atoms with Crippen LogP contribution in [0.25, 0.3) is 11.1 Å². The predicted octanol–water partition coefficient (Wildman–Crippen LogP) is 7.28. The number of likely N-dealkylation sites (N-methyl/N-ethyl adjacent to an activating group) is 4. The number of esters is 4. The number of nitrogens with zero attached hydrogens (tertiary/aromatic N) is 7. The van der Waals surface area contributed by atoms with Crippen molar-refractivity contribution in [2.75, 3.05) is 28.2 Å². The molecule has 0 unspecified atom stereocenters. The maximum atomic E-state index is 15.1. The Labute approximate surface area is 478 Å². The van der Waals surface area contributed by atoms with Crippen molar-refractivity contribution >= 4 is 47.5 Å². The van der Waals surface area contributed by atoms with Crippen LogP contribution in [-0.4, -0.2) is 159 Å². The maximum Gasteiger partial charge on any atom is 0.329 e. The lowest BCUT2D eigenvalue weighted by atomic mass is 9.99. The second-order valence-corrected chi connectivity index (χ2v) is 23.2. The summed E-state index contributed by atoms with van der Waals surface area (Å²) >= 11 is 0. The van der Waals surface area contributed by atoms with Gasteiger partial charge in [-0.25, -0.2) is 19.2 Å². The maximum absolute atomic E-state index is 15.1. The lowest BCUT2D eigenvalue weighted by molar-refractivity contribution is -0.176. The number of hydrogen-bond acceptors (Lipinski definition) is 14. The average molecular weight is 1120 g/mol. The molecule has 19 nitrogen and oxygen atoms in total. The summed E-state index contributed by atoms with van der Waals surface area (Å²) in [6, 6.07) is 15.0. The van der Waals surface area contributed by atoms with Crippen LogP contribution in [-0.2, 0) is 76.7 Å². The molecular formula is C62H85N7O12. The Hall–Kier alpha value is -7.44. The van der Waals surface area contributed by atoms with Crippen LogP contribution in [0.5, 0.6) is 0 Å². The van der Waals surface area contributed by atoms with Crippen LogP contribution in [0.4, 0.5) is 0 Å². The summed E-state index contributed by atoms with van der Waals surface area (Å²) in [7, 11) is 5.57. The molecule has 0 bridgehead atoms. The number of hydrogen-bond donors (Lipinski definition) is 0. The first kappa shape index (κ1) is 64.4. The Bertz CT molecular complexity index is 2760. The van der Waals surface area contributed by atoms with E-state index in [1.165, 1.54) is 42.0 Å². The summed E-state index contributed by atoms with van der Waals surface area (Å²) in [5.74, 6) is -7.36. The minimum atomic E-state index is -1.55. The van der Waals surface area contributed by atoms with E-state index < -0.39 is 96.1 Å². The fourth-order valence-corrected chi connectivity index (χ4v) is 9.73. The molecule has 0 radical (unpaired) electrons. The van der Waals surface area contributed by atoms with E-state index in [9.17, 15) is 33.6 Å². The highest BCUT2D eigenvalue weighted by Gasteiger charge is 2.43. The van der Waals surface area contributed by atoms with Crippen LogP contribution in [0.15, 0.2) is 85.3 Å². The monoisotopic (exact) mass is 1120 g/mol. The van der Waals surface area contributed by atoms with Gasteiger partial charge in [-0.1, -0.05) is 116 Å². The first-order chi connectivity index (χ1) is 38.1. The predicted molar refractivity (Wildman–Crippen MR) is 305 cm³/mol. The Morgan fingerprint density at radius 2 is 0.815 bits per heavy atom. The van der Waals surface area contributed by atoms with Crippen molar-refractivity contribution in [3.05, 3.63) is 108 Å². The summed E-state index contributed by atoms with van der Waals surface area (Å²) in [6.45, 7) is 19.9. The fourth-order valence-electron chi connectivity index (χ4n) is 9.73. The number of carbonyl (C=O) groups excluding carboxylic acids is 8. The molecule has 2 aromatic heterocycles. The van der Waals surface area contributed by atoms with E-state index in [2.05, 4.69) is 10.1 Å². The van der Waals surface area contributed by atoms with Crippen LogP contribution in [0.1, 0.15) is 117 Å². The van der Waals surface area contributed by atoms with E-state index in [-0.39, 0.29) is 62.2 Å². The molecule has 0 spiro atoms. The molecule has 81 heavy (non-hydrogen) atoms. The van der Waals surface area contributed by atoms with E-state index in [1.807, 2.05) is 92.8 Å². The van der Waals surface area contributed by atoms with Gasteiger partial charge in [-0.05, 0) is 92.9 Å². The van der Waals surface area contributed by atoms with Gasteiger partial charge >= 0.3 is 23.9 Å². The Kier molecular flexibility index (Phi) is 23.3. The highest BCUT2D eigenvalue weighted by Crippen LogP contribution is 2.25. The lowest BCUT2D eigenvalue weighted by Crippen LogP contribution is -2.55. The second kappa shape index (κ2) is 29.3. The van der Waals surface area contributed by atoms with Gasteiger partial charge in [0.2, 0.25) is 0 Å². The van der Waals surface area contributed by atoms with Crippen molar-refractivity contribution in [1.29, 1.82) is 0 Å². The molecule has 1 saturated heterocycles. The number of amides is 4.